The Kier molecular flexibility index (Phi) is 1.99. The standard InChI is InChI=1S/C8H13N3O/c1-9-8-4-7(10-11-8)6-2-3-12-5-6/h4,6H,2-3,5H2,1H3,(H2,9,10,11). The second kappa shape index (κ2) is 3.15. The summed E-state index contributed by atoms with van der Waals surface area (Å²) >= 11 is 0. The first-order chi connectivity index (χ1) is 5.90. The fourth-order valence-corrected chi connectivity index (χ4v) is 1.45. The molecule has 1 fully saturated rings. The first-order valence-corrected chi connectivity index (χ1v) is 4.21. The van der Waals surface area contributed by atoms with Gasteiger partial charge in [0, 0.05) is 31.3 Å². The van der Waals surface area contributed by atoms with E-state index in [1.165, 1.54) is 5.69 Å². The van der Waals surface area contributed by atoms with E-state index in [0.717, 1.165) is 25.5 Å². The summed E-state index contributed by atoms with van der Waals surface area (Å²) < 4.78 is 5.29. The summed E-state index contributed by atoms with van der Waals surface area (Å²) in [6.07, 6.45) is 1.10. The number of aromatic amines is 1. The van der Waals surface area contributed by atoms with Crippen molar-refractivity contribution in [1.29, 1.82) is 0 Å². The van der Waals surface area contributed by atoms with Crippen molar-refractivity contribution in [1.82, 2.24) is 10.2 Å². The molecule has 1 aliphatic heterocycles. The van der Waals surface area contributed by atoms with Gasteiger partial charge in [0.1, 0.15) is 5.82 Å². The molecule has 4 heteroatoms. The number of rotatable bonds is 2. The second-order valence-electron chi connectivity index (χ2n) is 3.02. The van der Waals surface area contributed by atoms with E-state index < -0.39 is 0 Å². The minimum Gasteiger partial charge on any atom is -0.381 e. The van der Waals surface area contributed by atoms with Gasteiger partial charge in [-0.2, -0.15) is 5.10 Å². The summed E-state index contributed by atoms with van der Waals surface area (Å²) in [6.45, 7) is 1.70. The number of ether oxygens (including phenoxy) is 1. The van der Waals surface area contributed by atoms with Gasteiger partial charge in [0.25, 0.3) is 0 Å². The zero-order valence-corrected chi connectivity index (χ0v) is 7.13. The normalized spacial score (nSPS) is 22.9. The van der Waals surface area contributed by atoms with E-state index in [1.54, 1.807) is 0 Å². The molecule has 2 rings (SSSR count). The summed E-state index contributed by atoms with van der Waals surface area (Å²) in [5.74, 6) is 1.41. The van der Waals surface area contributed by atoms with E-state index in [9.17, 15) is 0 Å². The van der Waals surface area contributed by atoms with Crippen molar-refractivity contribution in [3.05, 3.63) is 11.8 Å². The average Bonchev–Trinajstić information content (AvgIpc) is 2.75. The Bertz CT molecular complexity index is 253. The molecule has 1 unspecified atom stereocenters. The Morgan fingerprint density at radius 1 is 1.75 bits per heavy atom. The summed E-state index contributed by atoms with van der Waals surface area (Å²) in [7, 11) is 1.87. The van der Waals surface area contributed by atoms with Gasteiger partial charge < -0.3 is 10.1 Å². The molecule has 0 aromatic carbocycles. The number of aromatic nitrogens is 2. The predicted octanol–water partition coefficient (Wildman–Crippen LogP) is 0.955. The van der Waals surface area contributed by atoms with E-state index in [1.807, 2.05) is 13.1 Å². The molecule has 0 amide bonds. The highest BCUT2D eigenvalue weighted by atomic mass is 16.5. The quantitative estimate of drug-likeness (QED) is 0.689. The van der Waals surface area contributed by atoms with Crippen LogP contribution in [0.5, 0.6) is 0 Å². The monoisotopic (exact) mass is 167 g/mol. The van der Waals surface area contributed by atoms with Crippen molar-refractivity contribution in [3.8, 4) is 0 Å². The van der Waals surface area contributed by atoms with Crippen molar-refractivity contribution in [2.45, 2.75) is 12.3 Å². The lowest BCUT2D eigenvalue weighted by Crippen LogP contribution is -1.97. The number of hydrogen-bond donors (Lipinski definition) is 2. The van der Waals surface area contributed by atoms with Crippen LogP contribution in [0.1, 0.15) is 18.0 Å². The smallest absolute Gasteiger partial charge is 0.147 e. The van der Waals surface area contributed by atoms with Crippen LogP contribution in [0.15, 0.2) is 6.07 Å². The molecule has 0 saturated carbocycles. The molecule has 66 valence electrons. The van der Waals surface area contributed by atoms with Crippen molar-refractivity contribution in [2.75, 3.05) is 25.6 Å². The Morgan fingerprint density at radius 2 is 2.67 bits per heavy atom. The molecule has 4 nitrogen and oxygen atoms in total. The first-order valence-electron chi connectivity index (χ1n) is 4.21. The summed E-state index contributed by atoms with van der Waals surface area (Å²) in [5, 5.41) is 10.1. The van der Waals surface area contributed by atoms with Crippen molar-refractivity contribution in [3.63, 3.8) is 0 Å². The van der Waals surface area contributed by atoms with Gasteiger partial charge in [-0.15, -0.1) is 0 Å². The van der Waals surface area contributed by atoms with Crippen LogP contribution in [-0.2, 0) is 4.74 Å². The summed E-state index contributed by atoms with van der Waals surface area (Å²) in [6, 6.07) is 2.04. The molecule has 0 spiro atoms. The van der Waals surface area contributed by atoms with Gasteiger partial charge in [0.2, 0.25) is 0 Å². The lowest BCUT2D eigenvalue weighted by Gasteiger charge is -2.01. The molecular weight excluding hydrogens is 154 g/mol. The maximum Gasteiger partial charge on any atom is 0.147 e. The first kappa shape index (κ1) is 7.61. The van der Waals surface area contributed by atoms with E-state index in [2.05, 4.69) is 15.5 Å². The fraction of sp³-hybridized carbons (Fsp3) is 0.625. The van der Waals surface area contributed by atoms with Gasteiger partial charge in [-0.25, -0.2) is 0 Å². The molecule has 0 bridgehead atoms. The number of H-pyrrole nitrogens is 1. The van der Waals surface area contributed by atoms with Gasteiger partial charge in [-0.1, -0.05) is 0 Å². The van der Waals surface area contributed by atoms with E-state index in [-0.39, 0.29) is 0 Å². The van der Waals surface area contributed by atoms with Crippen molar-refractivity contribution >= 4 is 5.82 Å². The van der Waals surface area contributed by atoms with Crippen LogP contribution in [0.4, 0.5) is 5.82 Å². The van der Waals surface area contributed by atoms with Crippen LogP contribution in [0, 0.1) is 0 Å². The van der Waals surface area contributed by atoms with Crippen LogP contribution in [-0.4, -0.2) is 30.5 Å². The molecule has 1 saturated heterocycles. The molecule has 1 aromatic heterocycles. The molecule has 12 heavy (non-hydrogen) atoms. The number of anilines is 1. The zero-order chi connectivity index (χ0) is 8.39. The SMILES string of the molecule is CNc1cc(C2CCOC2)[nH]n1. The number of nitrogens with zero attached hydrogens (tertiary/aromatic N) is 1. The number of nitrogens with one attached hydrogen (secondary N) is 2. The van der Waals surface area contributed by atoms with Crippen LogP contribution in [0.2, 0.25) is 0 Å². The minimum absolute atomic E-state index is 0.514. The maximum absolute atomic E-state index is 5.29. The minimum atomic E-state index is 0.514. The van der Waals surface area contributed by atoms with Crippen LogP contribution in [0.3, 0.4) is 0 Å². The Balaban J connectivity index is 2.11. The average molecular weight is 167 g/mol. The highest BCUT2D eigenvalue weighted by Crippen LogP contribution is 2.24. The topological polar surface area (TPSA) is 49.9 Å². The third kappa shape index (κ3) is 1.30. The van der Waals surface area contributed by atoms with Crippen molar-refractivity contribution < 1.29 is 4.74 Å². The fourth-order valence-electron chi connectivity index (χ4n) is 1.45. The molecule has 1 aliphatic rings. The van der Waals surface area contributed by atoms with Gasteiger partial charge in [-0.3, -0.25) is 5.10 Å². The number of hydrogen-bond acceptors (Lipinski definition) is 3. The van der Waals surface area contributed by atoms with E-state index >= 15 is 0 Å². The third-order valence-electron chi connectivity index (χ3n) is 2.22. The summed E-state index contributed by atoms with van der Waals surface area (Å²) in [4.78, 5) is 0. The largest absolute Gasteiger partial charge is 0.381 e. The molecule has 1 aromatic rings. The van der Waals surface area contributed by atoms with Crippen LogP contribution < -0.4 is 5.32 Å². The zero-order valence-electron chi connectivity index (χ0n) is 7.13. The van der Waals surface area contributed by atoms with Crippen LogP contribution in [0.25, 0.3) is 0 Å². The lowest BCUT2D eigenvalue weighted by molar-refractivity contribution is 0.193. The van der Waals surface area contributed by atoms with Gasteiger partial charge >= 0.3 is 0 Å². The van der Waals surface area contributed by atoms with E-state index in [4.69, 9.17) is 4.74 Å². The van der Waals surface area contributed by atoms with Gasteiger partial charge in [-0.05, 0) is 6.42 Å². The van der Waals surface area contributed by atoms with Gasteiger partial charge in [0.15, 0.2) is 0 Å². The molecule has 2 N–H and O–H groups in total. The van der Waals surface area contributed by atoms with Crippen LogP contribution >= 0.6 is 0 Å². The molecular formula is C8H13N3O. The van der Waals surface area contributed by atoms with E-state index in [0.29, 0.717) is 5.92 Å². The molecule has 2 heterocycles. The third-order valence-corrected chi connectivity index (χ3v) is 2.22. The molecule has 0 aliphatic carbocycles. The second-order valence-corrected chi connectivity index (χ2v) is 3.02. The predicted molar refractivity (Wildman–Crippen MR) is 46.3 cm³/mol. The van der Waals surface area contributed by atoms with Crippen molar-refractivity contribution in [2.24, 2.45) is 0 Å². The molecule has 0 radical (unpaired) electrons. The molecule has 1 atom stereocenters. The Labute approximate surface area is 71.3 Å². The van der Waals surface area contributed by atoms with Gasteiger partial charge in [0.05, 0.1) is 6.61 Å². The Hall–Kier alpha value is -1.03. The summed E-state index contributed by atoms with van der Waals surface area (Å²) in [5.41, 5.74) is 1.18. The highest BCUT2D eigenvalue weighted by molar-refractivity contribution is 5.35. The highest BCUT2D eigenvalue weighted by Gasteiger charge is 2.19. The maximum atomic E-state index is 5.29. The lowest BCUT2D eigenvalue weighted by atomic mass is 10.1. The Morgan fingerprint density at radius 3 is 3.25 bits per heavy atom.